The average Bonchev–Trinajstić information content (AvgIpc) is 3.05. The number of hydrogen-bond donors (Lipinski definition) is 2. The first-order valence-electron chi connectivity index (χ1n) is 9.33. The van der Waals surface area contributed by atoms with E-state index in [2.05, 4.69) is 0 Å². The third-order valence-electron chi connectivity index (χ3n) is 4.81. The molecule has 31 heavy (non-hydrogen) atoms. The highest BCUT2D eigenvalue weighted by molar-refractivity contribution is 6.01. The molecule has 8 nitrogen and oxygen atoms in total. The van der Waals surface area contributed by atoms with E-state index < -0.39 is 30.1 Å². The molecule has 0 bridgehead atoms. The summed E-state index contributed by atoms with van der Waals surface area (Å²) in [5.41, 5.74) is 2.84. The number of carbonyl (C=O) groups excluding carboxylic acids is 3. The third kappa shape index (κ3) is 4.42. The zero-order valence-electron chi connectivity index (χ0n) is 17.2. The second-order valence-electron chi connectivity index (χ2n) is 6.86. The van der Waals surface area contributed by atoms with E-state index in [1.807, 2.05) is 11.5 Å². The summed E-state index contributed by atoms with van der Waals surface area (Å²) in [4.78, 5) is 36.4. The lowest BCUT2D eigenvalue weighted by Gasteiger charge is -2.11. The molecule has 160 valence electrons. The quantitative estimate of drug-likeness (QED) is 0.462. The second kappa shape index (κ2) is 8.74. The van der Waals surface area contributed by atoms with Crippen LogP contribution in [0.3, 0.4) is 0 Å². The zero-order chi connectivity index (χ0) is 22.7. The minimum Gasteiger partial charge on any atom is -0.508 e. The van der Waals surface area contributed by atoms with Crippen molar-refractivity contribution in [3.63, 3.8) is 0 Å². The van der Waals surface area contributed by atoms with Gasteiger partial charge in [0.1, 0.15) is 17.1 Å². The van der Waals surface area contributed by atoms with Crippen LogP contribution in [0.15, 0.2) is 48.5 Å². The molecule has 0 amide bonds. The summed E-state index contributed by atoms with van der Waals surface area (Å²) in [6, 6.07) is 11.9. The smallest absolute Gasteiger partial charge is 0.342 e. The number of aromatic nitrogens is 1. The van der Waals surface area contributed by atoms with E-state index >= 15 is 0 Å². The number of rotatable bonds is 6. The normalized spacial score (nSPS) is 10.5. The number of hydrogen-bond acceptors (Lipinski definition) is 7. The lowest BCUT2D eigenvalue weighted by Crippen LogP contribution is -2.15. The maximum Gasteiger partial charge on any atom is 0.342 e. The molecule has 3 rings (SSSR count). The molecule has 2 aromatic carbocycles. The first-order valence-corrected chi connectivity index (χ1v) is 9.33. The van der Waals surface area contributed by atoms with Crippen LogP contribution < -0.4 is 0 Å². The predicted molar refractivity (Wildman–Crippen MR) is 111 cm³/mol. The molecule has 0 aliphatic carbocycles. The molecule has 0 saturated heterocycles. The van der Waals surface area contributed by atoms with Gasteiger partial charge in [-0.05, 0) is 56.3 Å². The van der Waals surface area contributed by atoms with Gasteiger partial charge in [-0.15, -0.1) is 0 Å². The van der Waals surface area contributed by atoms with Gasteiger partial charge in [0.25, 0.3) is 0 Å². The number of phenols is 2. The van der Waals surface area contributed by atoms with Crippen LogP contribution in [0, 0.1) is 13.8 Å². The minimum absolute atomic E-state index is 0.151. The highest BCUT2D eigenvalue weighted by Gasteiger charge is 2.20. The number of carbonyl (C=O) groups is 3. The van der Waals surface area contributed by atoms with Crippen molar-refractivity contribution < 1.29 is 34.1 Å². The molecule has 1 heterocycles. The second-order valence-corrected chi connectivity index (χ2v) is 6.86. The van der Waals surface area contributed by atoms with Gasteiger partial charge in [-0.25, -0.2) is 9.59 Å². The molecule has 2 N–H and O–H groups in total. The summed E-state index contributed by atoms with van der Waals surface area (Å²) in [6.45, 7) is 3.09. The van der Waals surface area contributed by atoms with Crippen LogP contribution in [0.5, 0.6) is 11.5 Å². The fourth-order valence-electron chi connectivity index (χ4n) is 3.29. The SMILES string of the molecule is COC(=O)c1ccc(-n2c(C)cc(C(=O)COC(=O)c3ccc(O)cc3O)c2C)cc1. The lowest BCUT2D eigenvalue weighted by atomic mass is 10.1. The fourth-order valence-corrected chi connectivity index (χ4v) is 3.29. The van der Waals surface area contributed by atoms with Gasteiger partial charge in [0.15, 0.2) is 6.61 Å². The highest BCUT2D eigenvalue weighted by atomic mass is 16.5. The van der Waals surface area contributed by atoms with Gasteiger partial charge in [0.2, 0.25) is 5.78 Å². The van der Waals surface area contributed by atoms with Crippen molar-refractivity contribution in [2.75, 3.05) is 13.7 Å². The van der Waals surface area contributed by atoms with Gasteiger partial charge >= 0.3 is 11.9 Å². The number of aryl methyl sites for hydroxylation is 1. The first-order chi connectivity index (χ1) is 14.7. The van der Waals surface area contributed by atoms with Crippen molar-refractivity contribution in [3.8, 4) is 17.2 Å². The van der Waals surface area contributed by atoms with Gasteiger partial charge in [0, 0.05) is 28.7 Å². The summed E-state index contributed by atoms with van der Waals surface area (Å²) < 4.78 is 11.6. The standard InChI is InChI=1S/C23H21NO7/c1-13-10-19(14(2)24(13)16-6-4-15(5-7-16)22(28)30-3)21(27)12-31-23(29)18-9-8-17(25)11-20(18)26/h4-11,25-26H,12H2,1-3H3. The van der Waals surface area contributed by atoms with E-state index in [0.717, 1.165) is 17.4 Å². The van der Waals surface area contributed by atoms with Crippen LogP contribution in [-0.2, 0) is 9.47 Å². The van der Waals surface area contributed by atoms with E-state index in [-0.39, 0.29) is 11.3 Å². The number of nitrogens with zero attached hydrogens (tertiary/aromatic N) is 1. The van der Waals surface area contributed by atoms with Crippen LogP contribution >= 0.6 is 0 Å². The molecule has 1 aromatic heterocycles. The average molecular weight is 423 g/mol. The van der Waals surface area contributed by atoms with Crippen LogP contribution in [-0.4, -0.2) is 46.2 Å². The first kappa shape index (κ1) is 21.6. The van der Waals surface area contributed by atoms with Gasteiger partial charge in [-0.3, -0.25) is 4.79 Å². The molecule has 0 aliphatic rings. The number of aromatic hydroxyl groups is 2. The molecular formula is C23H21NO7. The van der Waals surface area contributed by atoms with Crippen molar-refractivity contribution in [1.29, 1.82) is 0 Å². The number of ketones is 1. The Bertz CT molecular complexity index is 1160. The molecule has 0 fully saturated rings. The van der Waals surface area contributed by atoms with Crippen LogP contribution in [0.2, 0.25) is 0 Å². The highest BCUT2D eigenvalue weighted by Crippen LogP contribution is 2.24. The maximum atomic E-state index is 12.7. The van der Waals surface area contributed by atoms with Crippen molar-refractivity contribution in [1.82, 2.24) is 4.57 Å². The van der Waals surface area contributed by atoms with Crippen molar-refractivity contribution in [2.24, 2.45) is 0 Å². The van der Waals surface area contributed by atoms with Gasteiger partial charge in [0.05, 0.1) is 12.7 Å². The third-order valence-corrected chi connectivity index (χ3v) is 4.81. The maximum absolute atomic E-state index is 12.7. The Morgan fingerprint density at radius 1 is 0.903 bits per heavy atom. The summed E-state index contributed by atoms with van der Waals surface area (Å²) in [7, 11) is 1.31. The van der Waals surface area contributed by atoms with Crippen LogP contribution in [0.4, 0.5) is 0 Å². The Morgan fingerprint density at radius 3 is 2.19 bits per heavy atom. The summed E-state index contributed by atoms with van der Waals surface area (Å²) in [6.07, 6.45) is 0. The molecule has 0 spiro atoms. The van der Waals surface area contributed by atoms with Crippen molar-refractivity contribution >= 4 is 17.7 Å². The predicted octanol–water partition coefficient (Wildman–Crippen LogP) is 3.33. The Kier molecular flexibility index (Phi) is 6.10. The Morgan fingerprint density at radius 2 is 1.58 bits per heavy atom. The molecule has 0 unspecified atom stereocenters. The van der Waals surface area contributed by atoms with Crippen molar-refractivity contribution in [2.45, 2.75) is 13.8 Å². The molecule has 0 atom stereocenters. The fraction of sp³-hybridized carbons (Fsp3) is 0.174. The van der Waals surface area contributed by atoms with Crippen molar-refractivity contribution in [3.05, 3.63) is 76.6 Å². The summed E-state index contributed by atoms with van der Waals surface area (Å²) in [5.74, 6) is -2.36. The summed E-state index contributed by atoms with van der Waals surface area (Å²) >= 11 is 0. The number of phenolic OH excluding ortho intramolecular Hbond substituents is 2. The Hall–Kier alpha value is -4.07. The minimum atomic E-state index is -0.877. The monoisotopic (exact) mass is 423 g/mol. The molecule has 0 aliphatic heterocycles. The van der Waals surface area contributed by atoms with Gasteiger partial charge < -0.3 is 24.3 Å². The topological polar surface area (TPSA) is 115 Å². The van der Waals surface area contributed by atoms with Gasteiger partial charge in [-0.2, -0.15) is 0 Å². The zero-order valence-corrected chi connectivity index (χ0v) is 17.2. The molecule has 0 radical (unpaired) electrons. The Labute approximate surface area is 178 Å². The van der Waals surface area contributed by atoms with E-state index in [4.69, 9.17) is 9.47 Å². The number of ether oxygens (including phenoxy) is 2. The summed E-state index contributed by atoms with van der Waals surface area (Å²) in [5, 5.41) is 19.0. The lowest BCUT2D eigenvalue weighted by molar-refractivity contribution is 0.0471. The number of Topliss-reactive ketones (excluding diaryl/α,β-unsaturated/α-hetero) is 1. The van der Waals surface area contributed by atoms with E-state index in [1.165, 1.54) is 19.2 Å². The van der Waals surface area contributed by atoms with Gasteiger partial charge in [-0.1, -0.05) is 0 Å². The van der Waals surface area contributed by atoms with Crippen LogP contribution in [0.25, 0.3) is 5.69 Å². The molecule has 8 heteroatoms. The number of methoxy groups -OCH3 is 1. The van der Waals surface area contributed by atoms with E-state index in [9.17, 15) is 24.6 Å². The van der Waals surface area contributed by atoms with E-state index in [1.54, 1.807) is 37.3 Å². The number of esters is 2. The van der Waals surface area contributed by atoms with Crippen LogP contribution in [0.1, 0.15) is 42.5 Å². The Balaban J connectivity index is 1.77. The molecule has 3 aromatic rings. The largest absolute Gasteiger partial charge is 0.508 e. The molecule has 0 saturated carbocycles. The number of benzene rings is 2. The molecular weight excluding hydrogens is 402 g/mol. The van der Waals surface area contributed by atoms with E-state index in [0.29, 0.717) is 16.8 Å².